The van der Waals surface area contributed by atoms with Gasteiger partial charge < -0.3 is 10.1 Å². The van der Waals surface area contributed by atoms with Crippen LogP contribution in [0.5, 0.6) is 0 Å². The van der Waals surface area contributed by atoms with Crippen molar-refractivity contribution in [2.45, 2.75) is 6.04 Å². The highest BCUT2D eigenvalue weighted by atomic mass is 79.9. The van der Waals surface area contributed by atoms with Crippen LogP contribution in [-0.4, -0.2) is 24.7 Å². The molecular formula is C10H11BrN2O3. The van der Waals surface area contributed by atoms with E-state index in [0.717, 1.165) is 6.54 Å². The fourth-order valence-electron chi connectivity index (χ4n) is 1.73. The first-order chi connectivity index (χ1) is 7.68. The molecule has 2 rings (SSSR count). The molecule has 1 aliphatic rings. The van der Waals surface area contributed by atoms with E-state index in [1.165, 1.54) is 6.07 Å². The van der Waals surface area contributed by atoms with Gasteiger partial charge in [-0.15, -0.1) is 0 Å². The highest BCUT2D eigenvalue weighted by Gasteiger charge is 2.24. The largest absolute Gasteiger partial charge is 0.378 e. The van der Waals surface area contributed by atoms with Crippen LogP contribution in [0.2, 0.25) is 0 Å². The summed E-state index contributed by atoms with van der Waals surface area (Å²) in [6.07, 6.45) is 0. The summed E-state index contributed by atoms with van der Waals surface area (Å²) < 4.78 is 6.01. The molecule has 0 bridgehead atoms. The van der Waals surface area contributed by atoms with Crippen LogP contribution in [0.25, 0.3) is 0 Å². The van der Waals surface area contributed by atoms with Crippen LogP contribution in [0.3, 0.4) is 0 Å². The van der Waals surface area contributed by atoms with Gasteiger partial charge in [0, 0.05) is 22.6 Å². The van der Waals surface area contributed by atoms with E-state index in [1.807, 2.05) is 0 Å². The molecule has 1 aromatic carbocycles. The molecule has 5 nitrogen and oxygen atoms in total. The second-order valence-electron chi connectivity index (χ2n) is 3.54. The average Bonchev–Trinajstić information content (AvgIpc) is 2.30. The summed E-state index contributed by atoms with van der Waals surface area (Å²) in [5.74, 6) is 0. The second-order valence-corrected chi connectivity index (χ2v) is 4.46. The van der Waals surface area contributed by atoms with Crippen LogP contribution in [0.4, 0.5) is 5.69 Å². The lowest BCUT2D eigenvalue weighted by molar-refractivity contribution is -0.386. The fraction of sp³-hybridized carbons (Fsp3) is 0.400. The van der Waals surface area contributed by atoms with Crippen LogP contribution in [0, 0.1) is 10.1 Å². The zero-order valence-corrected chi connectivity index (χ0v) is 10.1. The number of rotatable bonds is 2. The van der Waals surface area contributed by atoms with E-state index >= 15 is 0 Å². The van der Waals surface area contributed by atoms with Crippen molar-refractivity contribution in [3.05, 3.63) is 38.3 Å². The number of hydrogen-bond donors (Lipinski definition) is 1. The maximum atomic E-state index is 10.9. The van der Waals surface area contributed by atoms with Crippen molar-refractivity contribution in [2.24, 2.45) is 0 Å². The van der Waals surface area contributed by atoms with Crippen molar-refractivity contribution in [3.63, 3.8) is 0 Å². The summed E-state index contributed by atoms with van der Waals surface area (Å²) in [7, 11) is 0. The number of nitro groups is 1. The Morgan fingerprint density at radius 3 is 3.00 bits per heavy atom. The van der Waals surface area contributed by atoms with Gasteiger partial charge in [0.25, 0.3) is 5.69 Å². The van der Waals surface area contributed by atoms with E-state index in [9.17, 15) is 10.1 Å². The second kappa shape index (κ2) is 4.90. The quantitative estimate of drug-likeness (QED) is 0.667. The topological polar surface area (TPSA) is 64.4 Å². The Morgan fingerprint density at radius 2 is 2.38 bits per heavy atom. The van der Waals surface area contributed by atoms with Crippen LogP contribution in [0.15, 0.2) is 22.7 Å². The average molecular weight is 287 g/mol. The SMILES string of the molecule is O=[N+]([O-])c1cc(Br)ccc1C1COCCN1. The van der Waals surface area contributed by atoms with E-state index in [-0.39, 0.29) is 16.7 Å². The summed E-state index contributed by atoms with van der Waals surface area (Å²) >= 11 is 3.23. The minimum Gasteiger partial charge on any atom is -0.378 e. The molecule has 0 amide bonds. The summed E-state index contributed by atoms with van der Waals surface area (Å²) in [5.41, 5.74) is 0.797. The van der Waals surface area contributed by atoms with Gasteiger partial charge in [0.1, 0.15) is 0 Å². The zero-order chi connectivity index (χ0) is 11.5. The highest BCUT2D eigenvalue weighted by Crippen LogP contribution is 2.29. The molecule has 86 valence electrons. The minimum absolute atomic E-state index is 0.0951. The van der Waals surface area contributed by atoms with Gasteiger partial charge in [-0.05, 0) is 12.1 Å². The molecule has 16 heavy (non-hydrogen) atoms. The number of benzene rings is 1. The number of halogens is 1. The van der Waals surface area contributed by atoms with Gasteiger partial charge in [0.15, 0.2) is 0 Å². The van der Waals surface area contributed by atoms with Gasteiger partial charge >= 0.3 is 0 Å². The molecule has 0 radical (unpaired) electrons. The van der Waals surface area contributed by atoms with E-state index in [0.29, 0.717) is 23.2 Å². The molecule has 0 aromatic heterocycles. The van der Waals surface area contributed by atoms with Crippen LogP contribution in [0.1, 0.15) is 11.6 Å². The lowest BCUT2D eigenvalue weighted by atomic mass is 10.0. The fourth-order valence-corrected chi connectivity index (χ4v) is 2.08. The van der Waals surface area contributed by atoms with Crippen molar-refractivity contribution in [1.29, 1.82) is 0 Å². The minimum atomic E-state index is -0.365. The van der Waals surface area contributed by atoms with Crippen molar-refractivity contribution in [1.82, 2.24) is 5.32 Å². The van der Waals surface area contributed by atoms with Gasteiger partial charge in [-0.3, -0.25) is 10.1 Å². The van der Waals surface area contributed by atoms with Gasteiger partial charge in [-0.1, -0.05) is 15.9 Å². The number of nitro benzene ring substituents is 1. The third-order valence-electron chi connectivity index (χ3n) is 2.49. The summed E-state index contributed by atoms with van der Waals surface area (Å²) in [6, 6.07) is 4.99. The van der Waals surface area contributed by atoms with E-state index in [4.69, 9.17) is 4.74 Å². The molecule has 1 unspecified atom stereocenters. The molecule has 0 aliphatic carbocycles. The molecule has 1 atom stereocenters. The Bertz CT molecular complexity index is 405. The molecule has 1 saturated heterocycles. The lowest BCUT2D eigenvalue weighted by Gasteiger charge is -2.23. The first-order valence-corrected chi connectivity index (χ1v) is 5.73. The van der Waals surface area contributed by atoms with Gasteiger partial charge in [-0.2, -0.15) is 0 Å². The first-order valence-electron chi connectivity index (χ1n) is 4.93. The Labute approximate surface area is 101 Å². The third kappa shape index (κ3) is 2.40. The van der Waals surface area contributed by atoms with Gasteiger partial charge in [0.05, 0.1) is 24.2 Å². The standard InChI is InChI=1S/C10H11BrN2O3/c11-7-1-2-8(10(5-7)13(14)15)9-6-16-4-3-12-9/h1-2,5,9,12H,3-4,6H2. The number of nitrogens with zero attached hydrogens (tertiary/aromatic N) is 1. The predicted octanol–water partition coefficient (Wildman–Crippen LogP) is 2.02. The first kappa shape index (κ1) is 11.5. The summed E-state index contributed by atoms with van der Waals surface area (Å²) in [6.45, 7) is 1.85. The Morgan fingerprint density at radius 1 is 1.56 bits per heavy atom. The molecule has 6 heteroatoms. The molecule has 1 fully saturated rings. The van der Waals surface area contributed by atoms with Crippen molar-refractivity contribution < 1.29 is 9.66 Å². The Balaban J connectivity index is 2.34. The smallest absolute Gasteiger partial charge is 0.275 e. The van der Waals surface area contributed by atoms with Crippen molar-refractivity contribution in [2.75, 3.05) is 19.8 Å². The van der Waals surface area contributed by atoms with E-state index in [1.54, 1.807) is 12.1 Å². The Hall–Kier alpha value is -0.980. The van der Waals surface area contributed by atoms with Crippen molar-refractivity contribution in [3.8, 4) is 0 Å². The molecule has 0 saturated carbocycles. The lowest BCUT2D eigenvalue weighted by Crippen LogP contribution is -2.34. The predicted molar refractivity (Wildman–Crippen MR) is 62.4 cm³/mol. The van der Waals surface area contributed by atoms with Crippen LogP contribution >= 0.6 is 15.9 Å². The Kier molecular flexibility index (Phi) is 3.52. The molecule has 0 spiro atoms. The third-order valence-corrected chi connectivity index (χ3v) is 2.98. The summed E-state index contributed by atoms with van der Waals surface area (Å²) in [5, 5.41) is 14.1. The van der Waals surface area contributed by atoms with Crippen LogP contribution in [-0.2, 0) is 4.74 Å². The zero-order valence-electron chi connectivity index (χ0n) is 8.48. The maximum absolute atomic E-state index is 10.9. The van der Waals surface area contributed by atoms with Crippen LogP contribution < -0.4 is 5.32 Å². The van der Waals surface area contributed by atoms with Gasteiger partial charge in [0.2, 0.25) is 0 Å². The molecular weight excluding hydrogens is 276 g/mol. The maximum Gasteiger partial charge on any atom is 0.275 e. The number of hydrogen-bond acceptors (Lipinski definition) is 4. The molecule has 1 heterocycles. The molecule has 1 aromatic rings. The number of nitrogens with one attached hydrogen (secondary N) is 1. The summed E-state index contributed by atoms with van der Waals surface area (Å²) in [4.78, 5) is 10.6. The van der Waals surface area contributed by atoms with Gasteiger partial charge in [-0.25, -0.2) is 0 Å². The number of ether oxygens (including phenoxy) is 1. The normalized spacial score (nSPS) is 20.7. The van der Waals surface area contributed by atoms with E-state index in [2.05, 4.69) is 21.2 Å². The molecule has 1 N–H and O–H groups in total. The highest BCUT2D eigenvalue weighted by molar-refractivity contribution is 9.10. The number of morpholine rings is 1. The monoisotopic (exact) mass is 286 g/mol. The molecule has 1 aliphatic heterocycles. The van der Waals surface area contributed by atoms with Crippen molar-refractivity contribution >= 4 is 21.6 Å². The van der Waals surface area contributed by atoms with E-state index < -0.39 is 0 Å².